The Hall–Kier alpha value is -0.820. The molecule has 0 aromatic heterocycles. The maximum atomic E-state index is 9.71. The molecule has 122 valence electrons. The molecule has 1 heteroatoms. The number of aliphatic hydroxyl groups is 1. The second-order valence-corrected chi connectivity index (χ2v) is 5.77. The average Bonchev–Trinajstić information content (AvgIpc) is 2.48. The fourth-order valence-corrected chi connectivity index (χ4v) is 2.15. The van der Waals surface area contributed by atoms with Crippen LogP contribution in [0.4, 0.5) is 0 Å². The minimum atomic E-state index is -0.269. The predicted molar refractivity (Wildman–Crippen MR) is 95.6 cm³/mol. The molecule has 0 aliphatic carbocycles. The second-order valence-electron chi connectivity index (χ2n) is 5.77. The van der Waals surface area contributed by atoms with Crippen molar-refractivity contribution in [3.05, 3.63) is 36.5 Å². The highest BCUT2D eigenvalue weighted by molar-refractivity contribution is 5.04. The predicted octanol–water partition coefficient (Wildman–Crippen LogP) is 6.35. The van der Waals surface area contributed by atoms with Crippen molar-refractivity contribution in [2.24, 2.45) is 0 Å². The van der Waals surface area contributed by atoms with E-state index in [2.05, 4.69) is 38.2 Å². The molecule has 0 bridgehead atoms. The van der Waals surface area contributed by atoms with Crippen molar-refractivity contribution in [2.75, 3.05) is 0 Å². The third-order valence-electron chi connectivity index (χ3n) is 3.57. The summed E-state index contributed by atoms with van der Waals surface area (Å²) in [4.78, 5) is 0. The molecule has 0 rings (SSSR count). The van der Waals surface area contributed by atoms with Crippen LogP contribution in [-0.2, 0) is 0 Å². The van der Waals surface area contributed by atoms with Gasteiger partial charge < -0.3 is 5.11 Å². The van der Waals surface area contributed by atoms with Crippen molar-refractivity contribution >= 4 is 0 Å². The number of allylic oxidation sites excluding steroid dienone is 5. The monoisotopic (exact) mass is 292 g/mol. The zero-order valence-corrected chi connectivity index (χ0v) is 14.3. The first-order valence-electron chi connectivity index (χ1n) is 8.97. The number of hydrogen-bond donors (Lipinski definition) is 1. The molecule has 0 amide bonds. The van der Waals surface area contributed by atoms with Crippen molar-refractivity contribution in [2.45, 2.75) is 90.6 Å². The van der Waals surface area contributed by atoms with E-state index in [1.807, 2.05) is 12.2 Å². The summed E-state index contributed by atoms with van der Waals surface area (Å²) < 4.78 is 0. The van der Waals surface area contributed by atoms with Gasteiger partial charge in [-0.2, -0.15) is 0 Å². The largest absolute Gasteiger partial charge is 0.389 e. The van der Waals surface area contributed by atoms with Gasteiger partial charge in [0.1, 0.15) is 0 Å². The van der Waals surface area contributed by atoms with Crippen molar-refractivity contribution in [3.63, 3.8) is 0 Å². The molecule has 0 aromatic rings. The summed E-state index contributed by atoms with van der Waals surface area (Å²) in [5.74, 6) is 0. The van der Waals surface area contributed by atoms with Gasteiger partial charge in [0.15, 0.2) is 0 Å². The third kappa shape index (κ3) is 17.1. The number of aliphatic hydroxyl groups excluding tert-OH is 1. The average molecular weight is 293 g/mol. The molecule has 0 aromatic carbocycles. The molecule has 0 aliphatic heterocycles. The first-order chi connectivity index (χ1) is 10.3. The van der Waals surface area contributed by atoms with Gasteiger partial charge in [0.2, 0.25) is 0 Å². The summed E-state index contributed by atoms with van der Waals surface area (Å²) in [5, 5.41) is 9.71. The van der Waals surface area contributed by atoms with E-state index in [1.54, 1.807) is 0 Å². The van der Waals surface area contributed by atoms with Crippen molar-refractivity contribution in [1.82, 2.24) is 0 Å². The van der Waals surface area contributed by atoms with Crippen LogP contribution in [0.3, 0.4) is 0 Å². The Balaban J connectivity index is 3.41. The molecule has 1 unspecified atom stereocenters. The summed E-state index contributed by atoms with van der Waals surface area (Å²) in [7, 11) is 0. The molecular weight excluding hydrogens is 256 g/mol. The fourth-order valence-electron chi connectivity index (χ4n) is 2.15. The molecule has 1 N–H and O–H groups in total. The Bertz CT molecular complexity index is 276. The Morgan fingerprint density at radius 1 is 0.714 bits per heavy atom. The molecule has 21 heavy (non-hydrogen) atoms. The highest BCUT2D eigenvalue weighted by Gasteiger charge is 1.96. The Labute approximate surface area is 132 Å². The van der Waals surface area contributed by atoms with Gasteiger partial charge in [0.05, 0.1) is 6.10 Å². The summed E-state index contributed by atoms with van der Waals surface area (Å²) in [6, 6.07) is 0. The normalized spacial score (nSPS) is 13.9. The van der Waals surface area contributed by atoms with E-state index in [9.17, 15) is 5.11 Å². The van der Waals surface area contributed by atoms with Gasteiger partial charge in [0, 0.05) is 0 Å². The summed E-state index contributed by atoms with van der Waals surface area (Å²) in [5.41, 5.74) is 0. The lowest BCUT2D eigenvalue weighted by atomic mass is 10.1. The summed E-state index contributed by atoms with van der Waals surface area (Å²) >= 11 is 0. The molecule has 0 spiro atoms. The number of hydrogen-bond acceptors (Lipinski definition) is 1. The van der Waals surface area contributed by atoms with Crippen LogP contribution in [-0.4, -0.2) is 11.2 Å². The smallest absolute Gasteiger partial charge is 0.0723 e. The molecule has 0 saturated carbocycles. The third-order valence-corrected chi connectivity index (χ3v) is 3.57. The quantitative estimate of drug-likeness (QED) is 0.225. The highest BCUT2D eigenvalue weighted by Crippen LogP contribution is 2.05. The Morgan fingerprint density at radius 3 is 2.00 bits per heavy atom. The van der Waals surface area contributed by atoms with Crippen LogP contribution < -0.4 is 0 Å². The molecule has 0 heterocycles. The van der Waals surface area contributed by atoms with Gasteiger partial charge in [-0.3, -0.25) is 0 Å². The maximum Gasteiger partial charge on any atom is 0.0723 e. The van der Waals surface area contributed by atoms with Gasteiger partial charge >= 0.3 is 0 Å². The first kappa shape index (κ1) is 20.2. The van der Waals surface area contributed by atoms with E-state index in [0.717, 1.165) is 19.3 Å². The van der Waals surface area contributed by atoms with E-state index in [-0.39, 0.29) is 6.10 Å². The molecule has 0 saturated heterocycles. The second kappa shape index (κ2) is 17.2. The molecule has 0 aliphatic rings. The van der Waals surface area contributed by atoms with E-state index in [0.29, 0.717) is 0 Å². The lowest BCUT2D eigenvalue weighted by molar-refractivity contribution is 0.208. The molecular formula is C20H36O. The molecule has 0 fully saturated rings. The number of unbranched alkanes of at least 4 members (excludes halogenated alkanes) is 7. The lowest BCUT2D eigenvalue weighted by Crippen LogP contribution is -2.00. The maximum absolute atomic E-state index is 9.71. The zero-order valence-electron chi connectivity index (χ0n) is 14.3. The van der Waals surface area contributed by atoms with Gasteiger partial charge in [-0.1, -0.05) is 82.4 Å². The minimum absolute atomic E-state index is 0.269. The van der Waals surface area contributed by atoms with Crippen LogP contribution in [0.5, 0.6) is 0 Å². The van der Waals surface area contributed by atoms with Gasteiger partial charge in [-0.15, -0.1) is 0 Å². The highest BCUT2D eigenvalue weighted by atomic mass is 16.3. The first-order valence-corrected chi connectivity index (χ1v) is 8.97. The lowest BCUT2D eigenvalue weighted by Gasteiger charge is -2.03. The molecule has 0 radical (unpaired) electrons. The van der Waals surface area contributed by atoms with Gasteiger partial charge in [-0.25, -0.2) is 0 Å². The van der Waals surface area contributed by atoms with Crippen LogP contribution in [0.1, 0.15) is 84.5 Å². The van der Waals surface area contributed by atoms with E-state index >= 15 is 0 Å². The van der Waals surface area contributed by atoms with E-state index < -0.39 is 0 Å². The van der Waals surface area contributed by atoms with E-state index in [1.165, 1.54) is 51.4 Å². The topological polar surface area (TPSA) is 20.2 Å². The van der Waals surface area contributed by atoms with Gasteiger partial charge in [-0.05, 0) is 38.5 Å². The van der Waals surface area contributed by atoms with Crippen LogP contribution in [0.2, 0.25) is 0 Å². The fraction of sp³-hybridized carbons (Fsp3) is 0.700. The van der Waals surface area contributed by atoms with Crippen molar-refractivity contribution in [3.8, 4) is 0 Å². The minimum Gasteiger partial charge on any atom is -0.389 e. The van der Waals surface area contributed by atoms with Crippen LogP contribution in [0.25, 0.3) is 0 Å². The summed E-state index contributed by atoms with van der Waals surface area (Å²) in [6.45, 7) is 4.42. The van der Waals surface area contributed by atoms with Crippen molar-refractivity contribution in [1.29, 1.82) is 0 Å². The Morgan fingerprint density at radius 2 is 1.33 bits per heavy atom. The summed E-state index contributed by atoms with van der Waals surface area (Å²) in [6.07, 6.45) is 25.7. The van der Waals surface area contributed by atoms with Crippen LogP contribution >= 0.6 is 0 Å². The SMILES string of the molecule is CCCC/C=C\CCCC/C=C\C=C\C(O)CCCCC. The van der Waals surface area contributed by atoms with Crippen molar-refractivity contribution < 1.29 is 5.11 Å². The standard InChI is InChI=1S/C20H36O/c1-3-5-7-8-9-10-11-12-13-14-15-17-19-20(21)18-16-6-4-2/h8-9,14-15,17,19-21H,3-7,10-13,16,18H2,1-2H3/b9-8-,15-14-,19-17+. The van der Waals surface area contributed by atoms with E-state index in [4.69, 9.17) is 0 Å². The van der Waals surface area contributed by atoms with Gasteiger partial charge in [0.25, 0.3) is 0 Å². The number of rotatable bonds is 14. The molecule has 1 nitrogen and oxygen atoms in total. The Kier molecular flexibility index (Phi) is 16.6. The van der Waals surface area contributed by atoms with Crippen LogP contribution in [0.15, 0.2) is 36.5 Å². The van der Waals surface area contributed by atoms with Crippen LogP contribution in [0, 0.1) is 0 Å². The zero-order chi connectivity index (χ0) is 15.6. The molecule has 1 atom stereocenters.